The first-order valence-electron chi connectivity index (χ1n) is 24.1. The van der Waals surface area contributed by atoms with E-state index in [1.165, 1.54) is 83.7 Å². The normalized spacial score (nSPS) is 20.7. The Morgan fingerprint density at radius 1 is 0.559 bits per heavy atom. The van der Waals surface area contributed by atoms with Crippen LogP contribution in [0.15, 0.2) is 218 Å². The molecule has 4 heteroatoms. The molecule has 7 aliphatic rings. The topological polar surface area (TPSA) is 24.9 Å². The number of anilines is 4. The van der Waals surface area contributed by atoms with Crippen LogP contribution < -0.4 is 19.3 Å². The Morgan fingerprint density at radius 2 is 1.28 bits per heavy atom. The van der Waals surface area contributed by atoms with Crippen LogP contribution in [-0.4, -0.2) is 6.04 Å². The molecule has 4 nitrogen and oxygen atoms in total. The fourth-order valence-corrected chi connectivity index (χ4v) is 13.3. The zero-order valence-corrected chi connectivity index (χ0v) is 37.9. The van der Waals surface area contributed by atoms with E-state index in [-0.39, 0.29) is 11.5 Å². The van der Waals surface area contributed by atoms with Crippen LogP contribution in [-0.2, 0) is 10.8 Å². The predicted octanol–water partition coefficient (Wildman–Crippen LogP) is 16.2. The molecular weight excluding hydrogens is 829 g/mol. The molecule has 0 N–H and O–H groups in total. The van der Waals surface area contributed by atoms with Crippen molar-refractivity contribution in [3.8, 4) is 45.3 Å². The first-order valence-corrected chi connectivity index (χ1v) is 24.1. The quantitative estimate of drug-likeness (QED) is 0.176. The van der Waals surface area contributed by atoms with Gasteiger partial charge in [0.25, 0.3) is 0 Å². The lowest BCUT2D eigenvalue weighted by atomic mass is 9.69. The van der Waals surface area contributed by atoms with Crippen LogP contribution in [0.25, 0.3) is 27.8 Å². The van der Waals surface area contributed by atoms with Gasteiger partial charge in [-0.3, -0.25) is 0 Å². The van der Waals surface area contributed by atoms with Crippen molar-refractivity contribution in [1.29, 1.82) is 0 Å². The summed E-state index contributed by atoms with van der Waals surface area (Å²) in [5, 5.41) is 0. The van der Waals surface area contributed by atoms with Gasteiger partial charge in [-0.25, -0.2) is 0 Å². The molecule has 68 heavy (non-hydrogen) atoms. The molecule has 2 unspecified atom stereocenters. The molecule has 1 spiro atoms. The van der Waals surface area contributed by atoms with E-state index >= 15 is 0 Å². The molecule has 8 aromatic rings. The summed E-state index contributed by atoms with van der Waals surface area (Å²) in [5.74, 6) is 3.19. The van der Waals surface area contributed by atoms with Crippen LogP contribution in [0.3, 0.4) is 0 Å². The van der Waals surface area contributed by atoms with Crippen molar-refractivity contribution in [3.63, 3.8) is 0 Å². The van der Waals surface area contributed by atoms with Crippen molar-refractivity contribution >= 4 is 28.3 Å². The molecule has 0 saturated carbocycles. The first-order chi connectivity index (χ1) is 33.5. The van der Waals surface area contributed by atoms with Gasteiger partial charge in [0.05, 0.1) is 17.1 Å². The molecular formula is C64H46N2O2. The van der Waals surface area contributed by atoms with Gasteiger partial charge >= 0.3 is 0 Å². The summed E-state index contributed by atoms with van der Waals surface area (Å²) in [7, 11) is 0. The number of fused-ring (bicyclic) bond motifs is 18. The average molecular weight is 875 g/mol. The number of benzene rings is 8. The zero-order chi connectivity index (χ0) is 44.9. The van der Waals surface area contributed by atoms with Crippen molar-refractivity contribution in [2.45, 2.75) is 49.5 Å². The predicted molar refractivity (Wildman–Crippen MR) is 275 cm³/mol. The van der Waals surface area contributed by atoms with E-state index in [9.17, 15) is 0 Å². The molecule has 2 aliphatic heterocycles. The third-order valence-corrected chi connectivity index (χ3v) is 16.2. The van der Waals surface area contributed by atoms with Crippen LogP contribution in [0.5, 0.6) is 23.0 Å². The van der Waals surface area contributed by atoms with Gasteiger partial charge in [-0.2, -0.15) is 0 Å². The van der Waals surface area contributed by atoms with Crippen molar-refractivity contribution in [2.75, 3.05) is 9.80 Å². The minimum Gasteiger partial charge on any atom is -0.449 e. The largest absolute Gasteiger partial charge is 0.449 e. The molecule has 0 fully saturated rings. The monoisotopic (exact) mass is 874 g/mol. The highest BCUT2D eigenvalue weighted by atomic mass is 16.6. The highest BCUT2D eigenvalue weighted by molar-refractivity contribution is 5.96. The van der Waals surface area contributed by atoms with Crippen molar-refractivity contribution in [1.82, 2.24) is 0 Å². The second kappa shape index (κ2) is 13.7. The molecule has 0 aromatic heterocycles. The highest BCUT2D eigenvalue weighted by Crippen LogP contribution is 2.67. The van der Waals surface area contributed by atoms with Gasteiger partial charge in [0.1, 0.15) is 0 Å². The Morgan fingerprint density at radius 3 is 2.15 bits per heavy atom. The van der Waals surface area contributed by atoms with Gasteiger partial charge in [0, 0.05) is 39.7 Å². The third-order valence-electron chi connectivity index (χ3n) is 16.2. The van der Waals surface area contributed by atoms with Crippen LogP contribution in [0.2, 0.25) is 0 Å². The Kier molecular flexibility index (Phi) is 7.69. The summed E-state index contributed by atoms with van der Waals surface area (Å²) in [6, 6.07) is 64.8. The summed E-state index contributed by atoms with van der Waals surface area (Å²) in [4.78, 5) is 4.93. The SMILES string of the molecule is CC1(C)c2ccccc2-c2ccc(N(C3=CC[C@@H]4C(=C3)c3ccccc3N4c3ccccc3)c3cccc4c3Oc3cc5c(cc3O4)C3(C4=CC=CCC4c4ccccc43)c3ccccc3-5)cc21. The molecule has 324 valence electrons. The summed E-state index contributed by atoms with van der Waals surface area (Å²) in [5.41, 5.74) is 22.1. The lowest BCUT2D eigenvalue weighted by molar-refractivity contribution is 0.360. The van der Waals surface area contributed by atoms with Crippen LogP contribution in [0, 0.1) is 0 Å². The molecule has 3 atom stereocenters. The second-order valence-corrected chi connectivity index (χ2v) is 19.8. The standard InChI is InChI=1S/C64H46N2O2/c1-63(2)50-24-11-6-19-42(50)46-33-31-41(36-54(46)63)65(40-32-34-57-49(35-40)47-23-10-15-28-56(47)66(57)39-17-4-3-5-18-39)58-29-16-30-59-62(58)68-60-37-48-45-22-9-14-27-53(45)64(55(48)38-61(60)67-59)51-25-12-7-20-43(51)44-21-8-13-26-52(44)64/h3-20,22-33,35-38,44,57H,21,34H2,1-2H3/t44?,57-,64?/m1/s1. The molecule has 8 aromatic carbocycles. The third kappa shape index (κ3) is 4.94. The van der Waals surface area contributed by atoms with E-state index in [1.807, 2.05) is 0 Å². The number of para-hydroxylation sites is 3. The number of ether oxygens (including phenoxy) is 2. The molecule has 0 amide bonds. The summed E-state index contributed by atoms with van der Waals surface area (Å²) >= 11 is 0. The van der Waals surface area contributed by atoms with Crippen molar-refractivity contribution < 1.29 is 9.47 Å². The van der Waals surface area contributed by atoms with Crippen LogP contribution in [0.4, 0.5) is 22.7 Å². The van der Waals surface area contributed by atoms with E-state index in [4.69, 9.17) is 9.47 Å². The molecule has 0 radical (unpaired) electrons. The summed E-state index contributed by atoms with van der Waals surface area (Å²) < 4.78 is 14.5. The van der Waals surface area contributed by atoms with Gasteiger partial charge in [-0.05, 0) is 140 Å². The number of hydrogen-bond acceptors (Lipinski definition) is 4. The van der Waals surface area contributed by atoms with Gasteiger partial charge in [0.2, 0.25) is 0 Å². The van der Waals surface area contributed by atoms with E-state index < -0.39 is 5.41 Å². The van der Waals surface area contributed by atoms with E-state index in [2.05, 4.69) is 230 Å². The first kappa shape index (κ1) is 38.1. The Hall–Kier alpha value is -8.08. The van der Waals surface area contributed by atoms with E-state index in [1.54, 1.807) is 0 Å². The molecule has 15 rings (SSSR count). The molecule has 2 heterocycles. The van der Waals surface area contributed by atoms with Gasteiger partial charge in [0.15, 0.2) is 23.0 Å². The minimum atomic E-state index is -0.413. The maximum atomic E-state index is 7.32. The van der Waals surface area contributed by atoms with Gasteiger partial charge in [-0.15, -0.1) is 0 Å². The van der Waals surface area contributed by atoms with Gasteiger partial charge in [-0.1, -0.05) is 159 Å². The minimum absolute atomic E-state index is 0.167. The fourth-order valence-electron chi connectivity index (χ4n) is 13.3. The zero-order valence-electron chi connectivity index (χ0n) is 37.9. The second-order valence-electron chi connectivity index (χ2n) is 19.8. The Bertz CT molecular complexity index is 3650. The summed E-state index contributed by atoms with van der Waals surface area (Å²) in [6.45, 7) is 4.72. The average Bonchev–Trinajstić information content (AvgIpc) is 4.05. The molecule has 5 aliphatic carbocycles. The number of nitrogens with zero attached hydrogens (tertiary/aromatic N) is 2. The lowest BCUT2D eigenvalue weighted by Crippen LogP contribution is -2.29. The van der Waals surface area contributed by atoms with E-state index in [0.717, 1.165) is 41.4 Å². The maximum absolute atomic E-state index is 7.32. The van der Waals surface area contributed by atoms with Gasteiger partial charge < -0.3 is 19.3 Å². The number of allylic oxidation sites excluding steroid dienone is 5. The smallest absolute Gasteiger partial charge is 0.194 e. The highest BCUT2D eigenvalue weighted by Gasteiger charge is 2.55. The fraction of sp³-hybridized carbons (Fsp3) is 0.125. The summed E-state index contributed by atoms with van der Waals surface area (Å²) in [6.07, 6.45) is 13.6. The Labute approximate surface area is 397 Å². The van der Waals surface area contributed by atoms with Crippen molar-refractivity contribution in [2.24, 2.45) is 0 Å². The Balaban J connectivity index is 0.898. The lowest BCUT2D eigenvalue weighted by Gasteiger charge is -2.35. The number of rotatable bonds is 4. The van der Waals surface area contributed by atoms with E-state index in [0.29, 0.717) is 17.4 Å². The molecule has 0 saturated heterocycles. The molecule has 0 bridgehead atoms. The maximum Gasteiger partial charge on any atom is 0.194 e. The van der Waals surface area contributed by atoms with Crippen LogP contribution >= 0.6 is 0 Å². The van der Waals surface area contributed by atoms with Crippen molar-refractivity contribution in [3.05, 3.63) is 257 Å². The van der Waals surface area contributed by atoms with Crippen LogP contribution in [0.1, 0.15) is 71.6 Å². The number of hydrogen-bond donors (Lipinski definition) is 0.